The summed E-state index contributed by atoms with van der Waals surface area (Å²) in [5.74, 6) is -0.121. The van der Waals surface area contributed by atoms with Gasteiger partial charge in [-0.2, -0.15) is 8.42 Å². The molecule has 7 heteroatoms. The first-order valence-electron chi connectivity index (χ1n) is 3.40. The second-order valence-corrected chi connectivity index (χ2v) is 2.76. The zero-order chi connectivity index (χ0) is 10.6. The molecule has 6 nitrogen and oxygen atoms in total. The van der Waals surface area contributed by atoms with Crippen LogP contribution in [0.1, 0.15) is 0 Å². The summed E-state index contributed by atoms with van der Waals surface area (Å²) >= 11 is 0. The molecule has 1 N–H and O–H groups in total. The number of carboxylic acid groups (broad SMARTS) is 1. The molecule has 0 unspecified atom stereocenters. The van der Waals surface area contributed by atoms with Gasteiger partial charge in [-0.25, -0.2) is 4.79 Å². The summed E-state index contributed by atoms with van der Waals surface area (Å²) < 4.78 is 27.9. The van der Waals surface area contributed by atoms with Crippen LogP contribution in [0.3, 0.4) is 0 Å². The smallest absolute Gasteiger partial charge is 0.449 e. The molecule has 74 valence electrons. The average molecular weight is 215 g/mol. The van der Waals surface area contributed by atoms with Crippen molar-refractivity contribution in [2.24, 2.45) is 4.36 Å². The van der Waals surface area contributed by atoms with Gasteiger partial charge >= 0.3 is 16.7 Å². The standard InChI is InChI=1S/C7H5NO5S/c9-7(10)13-6-4-2-1-3-5(6)8-14(11)12/h1-4H,(H,9,10). The van der Waals surface area contributed by atoms with E-state index >= 15 is 0 Å². The molecular weight excluding hydrogens is 210 g/mol. The maximum atomic E-state index is 10.2. The minimum atomic E-state index is -2.64. The second-order valence-electron chi connectivity index (χ2n) is 2.14. The highest BCUT2D eigenvalue weighted by Crippen LogP contribution is 2.26. The lowest BCUT2D eigenvalue weighted by atomic mass is 10.3. The Morgan fingerprint density at radius 2 is 2.00 bits per heavy atom. The molecule has 0 fully saturated rings. The fourth-order valence-electron chi connectivity index (χ4n) is 0.793. The molecule has 0 heterocycles. The van der Waals surface area contributed by atoms with Crippen molar-refractivity contribution >= 4 is 22.3 Å². The Labute approximate surface area is 80.5 Å². The van der Waals surface area contributed by atoms with Crippen LogP contribution in [0.25, 0.3) is 0 Å². The minimum absolute atomic E-state index is 0.0526. The largest absolute Gasteiger partial charge is 0.511 e. The maximum Gasteiger partial charge on any atom is 0.511 e. The van der Waals surface area contributed by atoms with Gasteiger partial charge in [0.1, 0.15) is 5.69 Å². The lowest BCUT2D eigenvalue weighted by Crippen LogP contribution is -2.02. The molecule has 0 amide bonds. The number of hydrogen-bond acceptors (Lipinski definition) is 5. The molecule has 0 atom stereocenters. The fraction of sp³-hybridized carbons (Fsp3) is 0. The van der Waals surface area contributed by atoms with E-state index in [1.807, 2.05) is 0 Å². The summed E-state index contributed by atoms with van der Waals surface area (Å²) in [7, 11) is -2.64. The van der Waals surface area contributed by atoms with Crippen LogP contribution in [0.15, 0.2) is 28.6 Å². The molecule has 1 rings (SSSR count). The molecule has 0 spiro atoms. The zero-order valence-corrected chi connectivity index (χ0v) is 7.56. The highest BCUT2D eigenvalue weighted by Gasteiger charge is 2.05. The number of hydrogen-bond donors (Lipinski definition) is 1. The van der Waals surface area contributed by atoms with Gasteiger partial charge in [0.2, 0.25) is 0 Å². The molecule has 0 bridgehead atoms. The van der Waals surface area contributed by atoms with E-state index in [0.29, 0.717) is 0 Å². The van der Waals surface area contributed by atoms with E-state index in [4.69, 9.17) is 5.11 Å². The lowest BCUT2D eigenvalue weighted by molar-refractivity contribution is 0.144. The summed E-state index contributed by atoms with van der Waals surface area (Å²) in [6.07, 6.45) is -1.52. The highest BCUT2D eigenvalue weighted by atomic mass is 32.2. The maximum absolute atomic E-state index is 10.2. The third kappa shape index (κ3) is 2.87. The van der Waals surface area contributed by atoms with Crippen LogP contribution in [-0.2, 0) is 10.5 Å². The van der Waals surface area contributed by atoms with Gasteiger partial charge in [-0.15, -0.1) is 4.36 Å². The number of nitrogens with zero attached hydrogens (tertiary/aromatic N) is 1. The molecule has 1 aromatic carbocycles. The van der Waals surface area contributed by atoms with Gasteiger partial charge < -0.3 is 9.84 Å². The molecule has 1 aromatic rings. The van der Waals surface area contributed by atoms with Crippen LogP contribution in [-0.4, -0.2) is 19.7 Å². The first-order valence-corrected chi connectivity index (χ1v) is 4.43. The predicted octanol–water partition coefficient (Wildman–Crippen LogP) is 1.44. The van der Waals surface area contributed by atoms with E-state index in [2.05, 4.69) is 9.10 Å². The molecule has 0 aliphatic carbocycles. The third-order valence-corrected chi connectivity index (χ3v) is 1.58. The monoisotopic (exact) mass is 215 g/mol. The van der Waals surface area contributed by atoms with Crippen molar-refractivity contribution in [2.75, 3.05) is 0 Å². The van der Waals surface area contributed by atoms with Crippen molar-refractivity contribution in [2.45, 2.75) is 0 Å². The minimum Gasteiger partial charge on any atom is -0.449 e. The molecule has 0 saturated heterocycles. The van der Waals surface area contributed by atoms with Gasteiger partial charge in [0.25, 0.3) is 0 Å². The van der Waals surface area contributed by atoms with Crippen LogP contribution >= 0.6 is 0 Å². The van der Waals surface area contributed by atoms with E-state index in [1.54, 1.807) is 0 Å². The van der Waals surface area contributed by atoms with Crippen LogP contribution < -0.4 is 4.74 Å². The predicted molar refractivity (Wildman–Crippen MR) is 46.1 cm³/mol. The van der Waals surface area contributed by atoms with Gasteiger partial charge in [-0.05, 0) is 12.1 Å². The van der Waals surface area contributed by atoms with Crippen LogP contribution in [0.2, 0.25) is 0 Å². The summed E-state index contributed by atoms with van der Waals surface area (Å²) in [4.78, 5) is 10.2. The van der Waals surface area contributed by atoms with Gasteiger partial charge in [0, 0.05) is 0 Å². The Bertz CT molecular complexity index is 471. The fourth-order valence-corrected chi connectivity index (χ4v) is 1.10. The SMILES string of the molecule is O=C(O)Oc1ccccc1N=S(=O)=O. The summed E-state index contributed by atoms with van der Waals surface area (Å²) in [6.45, 7) is 0. The molecule has 0 aliphatic heterocycles. The number of para-hydroxylation sites is 1. The first-order chi connectivity index (χ1) is 6.59. The van der Waals surface area contributed by atoms with E-state index < -0.39 is 16.7 Å². The normalized spacial score (nSPS) is 9.14. The average Bonchev–Trinajstić information content (AvgIpc) is 2.06. The van der Waals surface area contributed by atoms with Gasteiger partial charge in [0.15, 0.2) is 5.75 Å². The lowest BCUT2D eigenvalue weighted by Gasteiger charge is -2.00. The van der Waals surface area contributed by atoms with Gasteiger partial charge in [-0.1, -0.05) is 12.1 Å². The third-order valence-electron chi connectivity index (χ3n) is 1.24. The molecule has 0 saturated carbocycles. The Morgan fingerprint density at radius 3 is 2.57 bits per heavy atom. The highest BCUT2D eigenvalue weighted by molar-refractivity contribution is 7.61. The molecule has 0 aromatic heterocycles. The van der Waals surface area contributed by atoms with Gasteiger partial charge in [0.05, 0.1) is 0 Å². The van der Waals surface area contributed by atoms with E-state index in [1.165, 1.54) is 24.3 Å². The van der Waals surface area contributed by atoms with E-state index in [0.717, 1.165) is 0 Å². The number of carbonyl (C=O) groups is 1. The molecule has 0 radical (unpaired) electrons. The van der Waals surface area contributed by atoms with Crippen molar-refractivity contribution in [1.29, 1.82) is 0 Å². The Balaban J connectivity index is 3.15. The topological polar surface area (TPSA) is 93.0 Å². The van der Waals surface area contributed by atoms with Crippen molar-refractivity contribution < 1.29 is 23.1 Å². The molecule has 0 aliphatic rings. The van der Waals surface area contributed by atoms with Crippen LogP contribution in [0.5, 0.6) is 5.75 Å². The molecular formula is C7H5NO5S. The Kier molecular flexibility index (Phi) is 3.19. The summed E-state index contributed by atoms with van der Waals surface area (Å²) in [5.41, 5.74) is -0.0526. The van der Waals surface area contributed by atoms with E-state index in [-0.39, 0.29) is 11.4 Å². The molecule has 14 heavy (non-hydrogen) atoms. The van der Waals surface area contributed by atoms with Crippen molar-refractivity contribution in [3.63, 3.8) is 0 Å². The van der Waals surface area contributed by atoms with Crippen molar-refractivity contribution in [3.8, 4) is 5.75 Å². The first kappa shape index (κ1) is 10.2. The summed E-state index contributed by atoms with van der Waals surface area (Å²) in [5, 5.41) is 8.31. The van der Waals surface area contributed by atoms with Crippen LogP contribution in [0, 0.1) is 0 Å². The van der Waals surface area contributed by atoms with Crippen molar-refractivity contribution in [3.05, 3.63) is 24.3 Å². The number of benzene rings is 1. The van der Waals surface area contributed by atoms with Crippen molar-refractivity contribution in [1.82, 2.24) is 0 Å². The van der Waals surface area contributed by atoms with Gasteiger partial charge in [-0.3, -0.25) is 0 Å². The summed E-state index contributed by atoms with van der Waals surface area (Å²) in [6, 6.07) is 5.65. The zero-order valence-electron chi connectivity index (χ0n) is 6.75. The number of rotatable bonds is 2. The number of ether oxygens (including phenoxy) is 1. The second kappa shape index (κ2) is 4.38. The Hall–Kier alpha value is -1.89. The quantitative estimate of drug-likeness (QED) is 0.595. The van der Waals surface area contributed by atoms with Crippen LogP contribution in [0.4, 0.5) is 10.5 Å². The Morgan fingerprint density at radius 1 is 1.36 bits per heavy atom. The van der Waals surface area contributed by atoms with E-state index in [9.17, 15) is 13.2 Å².